The maximum atomic E-state index is 10.2. The summed E-state index contributed by atoms with van der Waals surface area (Å²) in [6, 6.07) is 0. The molecule has 78 valence electrons. The molecule has 0 aliphatic heterocycles. The minimum Gasteiger partial charge on any atom is -0.481 e. The summed E-state index contributed by atoms with van der Waals surface area (Å²) in [6.45, 7) is 5.74. The van der Waals surface area contributed by atoms with E-state index in [2.05, 4.69) is 0 Å². The van der Waals surface area contributed by atoms with Gasteiger partial charge in [0.25, 0.3) is 0 Å². The molecule has 0 aromatic heterocycles. The number of carboxylic acids is 1. The number of hydrogen-bond acceptors (Lipinski definition) is 2. The van der Waals surface area contributed by atoms with Gasteiger partial charge in [-0.1, -0.05) is 20.3 Å². The van der Waals surface area contributed by atoms with Gasteiger partial charge in [-0.15, -0.1) is 0 Å². The number of unbranched alkanes of at least 4 members (excludes halogenated alkanes) is 1. The standard InChI is InChI=1S/C10H20O3/c1-8(2)10(3,13)7-5-4-6-9(11)12/h8,13H,4-7H2,1-3H3,(H,11,12). The molecule has 0 radical (unpaired) electrons. The molecule has 0 saturated heterocycles. The highest BCUT2D eigenvalue weighted by Crippen LogP contribution is 2.22. The Hall–Kier alpha value is -0.570. The van der Waals surface area contributed by atoms with E-state index in [0.717, 1.165) is 6.42 Å². The Morgan fingerprint density at radius 1 is 1.38 bits per heavy atom. The van der Waals surface area contributed by atoms with Gasteiger partial charge in [0.05, 0.1) is 5.60 Å². The van der Waals surface area contributed by atoms with Crippen LogP contribution in [-0.4, -0.2) is 21.8 Å². The predicted octanol–water partition coefficient (Wildman–Crippen LogP) is 2.04. The van der Waals surface area contributed by atoms with Gasteiger partial charge in [-0.05, 0) is 25.7 Å². The monoisotopic (exact) mass is 188 g/mol. The Balaban J connectivity index is 3.58. The van der Waals surface area contributed by atoms with E-state index in [-0.39, 0.29) is 12.3 Å². The van der Waals surface area contributed by atoms with Crippen molar-refractivity contribution >= 4 is 5.97 Å². The van der Waals surface area contributed by atoms with E-state index in [4.69, 9.17) is 5.11 Å². The molecule has 0 aromatic carbocycles. The second-order valence-electron chi connectivity index (χ2n) is 4.11. The van der Waals surface area contributed by atoms with Crippen molar-refractivity contribution in [3.8, 4) is 0 Å². The summed E-state index contributed by atoms with van der Waals surface area (Å²) in [6.07, 6.45) is 2.31. The van der Waals surface area contributed by atoms with Crippen molar-refractivity contribution in [1.82, 2.24) is 0 Å². The summed E-state index contributed by atoms with van der Waals surface area (Å²) in [4.78, 5) is 10.2. The summed E-state index contributed by atoms with van der Waals surface area (Å²) in [5.41, 5.74) is -0.654. The van der Waals surface area contributed by atoms with Crippen molar-refractivity contribution in [2.24, 2.45) is 5.92 Å². The molecule has 0 aromatic rings. The highest BCUT2D eigenvalue weighted by molar-refractivity contribution is 5.66. The number of hydrogen-bond donors (Lipinski definition) is 2. The second-order valence-corrected chi connectivity index (χ2v) is 4.11. The molecule has 0 fully saturated rings. The fraction of sp³-hybridized carbons (Fsp3) is 0.900. The SMILES string of the molecule is CC(C)C(C)(O)CCCCC(=O)O. The molecule has 0 heterocycles. The van der Waals surface area contributed by atoms with E-state index in [0.29, 0.717) is 12.8 Å². The minimum atomic E-state index is -0.760. The van der Waals surface area contributed by atoms with E-state index >= 15 is 0 Å². The van der Waals surface area contributed by atoms with Crippen molar-refractivity contribution in [2.75, 3.05) is 0 Å². The highest BCUT2D eigenvalue weighted by Gasteiger charge is 2.23. The molecule has 0 rings (SSSR count). The first-order valence-electron chi connectivity index (χ1n) is 4.80. The van der Waals surface area contributed by atoms with E-state index in [1.165, 1.54) is 0 Å². The topological polar surface area (TPSA) is 57.5 Å². The molecule has 0 bridgehead atoms. The Bertz CT molecular complexity index is 162. The Morgan fingerprint density at radius 2 is 1.92 bits per heavy atom. The first-order chi connectivity index (χ1) is 5.86. The normalized spacial score (nSPS) is 15.8. The van der Waals surface area contributed by atoms with Gasteiger partial charge < -0.3 is 10.2 Å². The molecule has 0 saturated carbocycles. The molecule has 2 N–H and O–H groups in total. The minimum absolute atomic E-state index is 0.203. The van der Waals surface area contributed by atoms with Crippen LogP contribution in [-0.2, 0) is 4.79 Å². The van der Waals surface area contributed by atoms with Gasteiger partial charge in [0.1, 0.15) is 0 Å². The number of rotatable bonds is 6. The maximum absolute atomic E-state index is 10.2. The molecule has 1 unspecified atom stereocenters. The van der Waals surface area contributed by atoms with Crippen LogP contribution in [0.15, 0.2) is 0 Å². The van der Waals surface area contributed by atoms with Crippen LogP contribution in [0.4, 0.5) is 0 Å². The molecule has 0 aliphatic carbocycles. The van der Waals surface area contributed by atoms with Crippen molar-refractivity contribution in [3.05, 3.63) is 0 Å². The van der Waals surface area contributed by atoms with Gasteiger partial charge in [-0.25, -0.2) is 0 Å². The Labute approximate surface area is 79.8 Å². The molecular weight excluding hydrogens is 168 g/mol. The highest BCUT2D eigenvalue weighted by atomic mass is 16.4. The van der Waals surface area contributed by atoms with Crippen LogP contribution in [0.3, 0.4) is 0 Å². The second kappa shape index (κ2) is 5.22. The van der Waals surface area contributed by atoms with E-state index in [9.17, 15) is 9.90 Å². The summed E-state index contributed by atoms with van der Waals surface area (Å²) < 4.78 is 0. The summed E-state index contributed by atoms with van der Waals surface area (Å²) in [7, 11) is 0. The van der Waals surface area contributed by atoms with Gasteiger partial charge in [0.15, 0.2) is 0 Å². The van der Waals surface area contributed by atoms with Gasteiger partial charge in [0, 0.05) is 6.42 Å². The lowest BCUT2D eigenvalue weighted by atomic mass is 9.87. The zero-order chi connectivity index (χ0) is 10.5. The van der Waals surface area contributed by atoms with Gasteiger partial charge in [0.2, 0.25) is 0 Å². The fourth-order valence-electron chi connectivity index (χ4n) is 1.05. The van der Waals surface area contributed by atoms with Gasteiger partial charge >= 0.3 is 5.97 Å². The van der Waals surface area contributed by atoms with Crippen LogP contribution in [0.1, 0.15) is 46.5 Å². The molecule has 0 aliphatic rings. The van der Waals surface area contributed by atoms with Crippen LogP contribution in [0.5, 0.6) is 0 Å². The average molecular weight is 188 g/mol. The largest absolute Gasteiger partial charge is 0.481 e. The quantitative estimate of drug-likeness (QED) is 0.627. The number of carboxylic acid groups (broad SMARTS) is 1. The smallest absolute Gasteiger partial charge is 0.303 e. The summed E-state index contributed by atoms with van der Waals surface area (Å²) in [5.74, 6) is -0.540. The fourth-order valence-corrected chi connectivity index (χ4v) is 1.05. The van der Waals surface area contributed by atoms with Crippen LogP contribution < -0.4 is 0 Å². The zero-order valence-electron chi connectivity index (χ0n) is 8.71. The summed E-state index contributed by atoms with van der Waals surface area (Å²) >= 11 is 0. The van der Waals surface area contributed by atoms with Crippen LogP contribution >= 0.6 is 0 Å². The number of aliphatic hydroxyl groups is 1. The molecule has 0 spiro atoms. The average Bonchev–Trinajstić information content (AvgIpc) is 1.97. The zero-order valence-corrected chi connectivity index (χ0v) is 8.71. The number of carbonyl (C=O) groups is 1. The third kappa shape index (κ3) is 5.64. The third-order valence-electron chi connectivity index (χ3n) is 2.57. The lowest BCUT2D eigenvalue weighted by molar-refractivity contribution is -0.137. The lowest BCUT2D eigenvalue weighted by Gasteiger charge is -2.27. The van der Waals surface area contributed by atoms with Crippen molar-refractivity contribution in [1.29, 1.82) is 0 Å². The third-order valence-corrected chi connectivity index (χ3v) is 2.57. The number of aliphatic carboxylic acids is 1. The molecular formula is C10H20O3. The van der Waals surface area contributed by atoms with Crippen LogP contribution in [0.25, 0.3) is 0 Å². The van der Waals surface area contributed by atoms with E-state index in [1.807, 2.05) is 13.8 Å². The molecule has 1 atom stereocenters. The molecule has 0 amide bonds. The van der Waals surface area contributed by atoms with Gasteiger partial charge in [-0.3, -0.25) is 4.79 Å². The van der Waals surface area contributed by atoms with Crippen molar-refractivity contribution in [3.63, 3.8) is 0 Å². The van der Waals surface area contributed by atoms with Crippen LogP contribution in [0, 0.1) is 5.92 Å². The molecule has 3 heteroatoms. The first kappa shape index (κ1) is 12.4. The van der Waals surface area contributed by atoms with E-state index < -0.39 is 11.6 Å². The first-order valence-corrected chi connectivity index (χ1v) is 4.80. The van der Waals surface area contributed by atoms with Crippen LogP contribution in [0.2, 0.25) is 0 Å². The maximum Gasteiger partial charge on any atom is 0.303 e. The van der Waals surface area contributed by atoms with Gasteiger partial charge in [-0.2, -0.15) is 0 Å². The Morgan fingerprint density at radius 3 is 2.31 bits per heavy atom. The Kier molecular flexibility index (Phi) is 4.99. The van der Waals surface area contributed by atoms with E-state index in [1.54, 1.807) is 6.92 Å². The summed E-state index contributed by atoms with van der Waals surface area (Å²) in [5, 5.41) is 18.2. The molecule has 3 nitrogen and oxygen atoms in total. The van der Waals surface area contributed by atoms with Crippen molar-refractivity contribution < 1.29 is 15.0 Å². The molecule has 13 heavy (non-hydrogen) atoms. The van der Waals surface area contributed by atoms with Crippen molar-refractivity contribution in [2.45, 2.75) is 52.1 Å². The lowest BCUT2D eigenvalue weighted by Crippen LogP contribution is -2.30. The predicted molar refractivity (Wildman–Crippen MR) is 51.6 cm³/mol.